The molecule has 0 heterocycles. The van der Waals surface area contributed by atoms with Crippen molar-refractivity contribution in [3.8, 4) is 5.75 Å². The minimum absolute atomic E-state index is 0. The van der Waals surface area contributed by atoms with Crippen molar-refractivity contribution >= 4 is 18.3 Å². The van der Waals surface area contributed by atoms with E-state index < -0.39 is 5.41 Å². The highest BCUT2D eigenvalue weighted by Gasteiger charge is 2.39. The molecule has 0 bridgehead atoms. The molecule has 1 saturated carbocycles. The van der Waals surface area contributed by atoms with Crippen LogP contribution in [0.5, 0.6) is 5.75 Å². The number of hydrogen-bond donors (Lipinski definition) is 2. The van der Waals surface area contributed by atoms with E-state index in [9.17, 15) is 9.18 Å². The molecular weight excluding hydrogens is 319 g/mol. The Morgan fingerprint density at radius 1 is 1.22 bits per heavy atom. The van der Waals surface area contributed by atoms with Gasteiger partial charge in [0.25, 0.3) is 0 Å². The van der Waals surface area contributed by atoms with Gasteiger partial charge >= 0.3 is 0 Å². The Balaban J connectivity index is 0.00000264. The smallest absolute Gasteiger partial charge is 0.228 e. The molecule has 1 amide bonds. The summed E-state index contributed by atoms with van der Waals surface area (Å²) in [5.74, 6) is 0.360. The second-order valence-electron chi connectivity index (χ2n) is 5.79. The molecule has 0 unspecified atom stereocenters. The average Bonchev–Trinajstić information content (AvgIpc) is 2.57. The lowest BCUT2D eigenvalue weighted by molar-refractivity contribution is -0.124. The van der Waals surface area contributed by atoms with E-state index in [4.69, 9.17) is 16.2 Å². The molecule has 0 saturated heterocycles. The Hall–Kier alpha value is -1.59. The summed E-state index contributed by atoms with van der Waals surface area (Å²) in [7, 11) is 0. The first-order chi connectivity index (χ1) is 10.6. The summed E-state index contributed by atoms with van der Waals surface area (Å²) in [6, 6.07) is 7.35. The van der Waals surface area contributed by atoms with Gasteiger partial charge in [0.05, 0.1) is 11.7 Å². The molecule has 1 fully saturated rings. The fourth-order valence-electron chi connectivity index (χ4n) is 3.01. The zero-order valence-electron chi connectivity index (χ0n) is 13.1. The lowest BCUT2D eigenvalue weighted by Crippen LogP contribution is -2.42. The lowest BCUT2D eigenvalue weighted by Gasteiger charge is -2.34. The number of benzene rings is 1. The van der Waals surface area contributed by atoms with Crippen molar-refractivity contribution in [1.82, 2.24) is 0 Å². The highest BCUT2D eigenvalue weighted by Crippen LogP contribution is 2.39. The predicted octanol–water partition coefficient (Wildman–Crippen LogP) is 2.99. The molecule has 1 aliphatic carbocycles. The largest absolute Gasteiger partial charge is 0.489 e. The molecule has 6 heteroatoms. The maximum absolute atomic E-state index is 12.4. The molecule has 0 radical (unpaired) electrons. The number of carbonyl (C=O) groups excluding carboxylic acids is 1. The second kappa shape index (κ2) is 8.89. The SMILES string of the molecule is Cl.NC/C(=C\F)COc1ccc(C2(C(N)=O)CCCCC2)cc1. The van der Waals surface area contributed by atoms with E-state index in [1.807, 2.05) is 12.1 Å². The molecule has 128 valence electrons. The summed E-state index contributed by atoms with van der Waals surface area (Å²) in [5.41, 5.74) is 11.8. The summed E-state index contributed by atoms with van der Waals surface area (Å²) in [6.07, 6.45) is 5.24. The van der Waals surface area contributed by atoms with Gasteiger partial charge in [0.1, 0.15) is 12.4 Å². The van der Waals surface area contributed by atoms with Gasteiger partial charge in [-0.15, -0.1) is 12.4 Å². The van der Waals surface area contributed by atoms with Gasteiger partial charge in [-0.25, -0.2) is 4.39 Å². The highest BCUT2D eigenvalue weighted by atomic mass is 35.5. The van der Waals surface area contributed by atoms with Crippen molar-refractivity contribution < 1.29 is 13.9 Å². The number of nitrogens with two attached hydrogens (primary N) is 2. The number of amides is 1. The molecule has 23 heavy (non-hydrogen) atoms. The molecule has 0 aliphatic heterocycles. The topological polar surface area (TPSA) is 78.3 Å². The Bertz CT molecular complexity index is 540. The van der Waals surface area contributed by atoms with Gasteiger partial charge in [-0.05, 0) is 30.5 Å². The van der Waals surface area contributed by atoms with Crippen LogP contribution in [0.3, 0.4) is 0 Å². The van der Waals surface area contributed by atoms with Gasteiger partial charge in [-0.2, -0.15) is 0 Å². The molecule has 1 aromatic carbocycles. The quantitative estimate of drug-likeness (QED) is 0.834. The van der Waals surface area contributed by atoms with Gasteiger partial charge in [0.15, 0.2) is 0 Å². The van der Waals surface area contributed by atoms with Gasteiger partial charge in [-0.3, -0.25) is 4.79 Å². The van der Waals surface area contributed by atoms with E-state index in [1.165, 1.54) is 0 Å². The van der Waals surface area contributed by atoms with Crippen molar-refractivity contribution in [3.05, 3.63) is 41.7 Å². The second-order valence-corrected chi connectivity index (χ2v) is 5.79. The van der Waals surface area contributed by atoms with Gasteiger partial charge in [0.2, 0.25) is 5.91 Å². The van der Waals surface area contributed by atoms with Crippen LogP contribution in [0, 0.1) is 0 Å². The zero-order valence-corrected chi connectivity index (χ0v) is 13.9. The van der Waals surface area contributed by atoms with Crippen LogP contribution in [0.2, 0.25) is 0 Å². The maximum atomic E-state index is 12.4. The molecule has 0 aromatic heterocycles. The third-order valence-electron chi connectivity index (χ3n) is 4.43. The Morgan fingerprint density at radius 3 is 2.30 bits per heavy atom. The number of ether oxygens (including phenoxy) is 1. The van der Waals surface area contributed by atoms with Crippen molar-refractivity contribution in [2.45, 2.75) is 37.5 Å². The lowest BCUT2D eigenvalue weighted by atomic mass is 9.69. The molecule has 0 atom stereocenters. The number of hydrogen-bond acceptors (Lipinski definition) is 3. The van der Waals surface area contributed by atoms with Crippen LogP contribution in [0.1, 0.15) is 37.7 Å². The minimum Gasteiger partial charge on any atom is -0.489 e. The van der Waals surface area contributed by atoms with Gasteiger partial charge in [-0.1, -0.05) is 31.4 Å². The third kappa shape index (κ3) is 4.45. The van der Waals surface area contributed by atoms with E-state index in [0.29, 0.717) is 17.7 Å². The Kier molecular flexibility index (Phi) is 7.52. The number of carbonyl (C=O) groups is 1. The Labute approximate surface area is 142 Å². The van der Waals surface area contributed by atoms with Crippen molar-refractivity contribution in [2.75, 3.05) is 13.2 Å². The Morgan fingerprint density at radius 2 is 1.83 bits per heavy atom. The van der Waals surface area contributed by atoms with E-state index in [-0.39, 0.29) is 31.5 Å². The zero-order chi connectivity index (χ0) is 16.0. The van der Waals surface area contributed by atoms with E-state index in [1.54, 1.807) is 12.1 Å². The van der Waals surface area contributed by atoms with E-state index in [0.717, 1.165) is 37.7 Å². The van der Waals surface area contributed by atoms with Gasteiger partial charge in [0, 0.05) is 12.1 Å². The van der Waals surface area contributed by atoms with Crippen LogP contribution >= 0.6 is 12.4 Å². The first-order valence-electron chi connectivity index (χ1n) is 7.64. The highest BCUT2D eigenvalue weighted by molar-refractivity contribution is 5.86. The van der Waals surface area contributed by atoms with E-state index >= 15 is 0 Å². The third-order valence-corrected chi connectivity index (χ3v) is 4.43. The normalized spacial score (nSPS) is 17.2. The molecule has 0 spiro atoms. The summed E-state index contributed by atoms with van der Waals surface area (Å²) in [6.45, 7) is 0.243. The van der Waals surface area contributed by atoms with Crippen LogP contribution < -0.4 is 16.2 Å². The van der Waals surface area contributed by atoms with Crippen LogP contribution in [-0.4, -0.2) is 19.1 Å². The maximum Gasteiger partial charge on any atom is 0.228 e. The van der Waals surface area contributed by atoms with Gasteiger partial charge < -0.3 is 16.2 Å². The van der Waals surface area contributed by atoms with Crippen molar-refractivity contribution in [2.24, 2.45) is 11.5 Å². The number of primary amides is 1. The van der Waals surface area contributed by atoms with Crippen LogP contribution in [0.15, 0.2) is 36.2 Å². The van der Waals surface area contributed by atoms with Crippen LogP contribution in [-0.2, 0) is 10.2 Å². The average molecular weight is 343 g/mol. The minimum atomic E-state index is -0.557. The molecular formula is C17H24ClFN2O2. The van der Waals surface area contributed by atoms with Crippen LogP contribution in [0.4, 0.5) is 4.39 Å². The fraction of sp³-hybridized carbons (Fsp3) is 0.471. The predicted molar refractivity (Wildman–Crippen MR) is 91.4 cm³/mol. The molecule has 4 N–H and O–H groups in total. The molecule has 2 rings (SSSR count). The van der Waals surface area contributed by atoms with Crippen molar-refractivity contribution in [1.29, 1.82) is 0 Å². The monoisotopic (exact) mass is 342 g/mol. The first kappa shape index (κ1) is 19.5. The first-order valence-corrected chi connectivity index (χ1v) is 7.64. The number of halogens is 2. The van der Waals surface area contributed by atoms with Crippen molar-refractivity contribution in [3.63, 3.8) is 0 Å². The standard InChI is InChI=1S/C17H23FN2O2.ClH/c18-10-13(11-19)12-22-15-6-4-14(5-7-15)17(16(20)21)8-2-1-3-9-17;/h4-7,10H,1-3,8-9,11-12,19H2,(H2,20,21);1H/b13-10+;. The fourth-order valence-corrected chi connectivity index (χ4v) is 3.01. The number of rotatable bonds is 6. The summed E-state index contributed by atoms with van der Waals surface area (Å²) < 4.78 is 17.9. The van der Waals surface area contributed by atoms with Crippen LogP contribution in [0.25, 0.3) is 0 Å². The summed E-state index contributed by atoms with van der Waals surface area (Å²) >= 11 is 0. The molecule has 1 aromatic rings. The van der Waals surface area contributed by atoms with E-state index in [2.05, 4.69) is 0 Å². The molecule has 4 nitrogen and oxygen atoms in total. The summed E-state index contributed by atoms with van der Waals surface area (Å²) in [4.78, 5) is 12.0. The molecule has 1 aliphatic rings. The summed E-state index contributed by atoms with van der Waals surface area (Å²) in [5, 5.41) is 0.